The number of hydrogen-bond donors (Lipinski definition) is 2. The molecule has 1 amide bonds. The summed E-state index contributed by atoms with van der Waals surface area (Å²) in [5, 5.41) is 8.56. The van der Waals surface area contributed by atoms with Gasteiger partial charge in [-0.05, 0) is 18.8 Å². The van der Waals surface area contributed by atoms with Crippen LogP contribution in [-0.2, 0) is 9.59 Å². The monoisotopic (exact) mass is 173 g/mol. The first-order chi connectivity index (χ1) is 5.45. The highest BCUT2D eigenvalue weighted by Crippen LogP contribution is 2.11. The first-order valence-electron chi connectivity index (χ1n) is 3.97. The molecule has 4 heteroatoms. The number of carbonyl (C=O) groups excluding carboxylic acids is 1. The van der Waals surface area contributed by atoms with Gasteiger partial charge in [-0.3, -0.25) is 9.59 Å². The number of carboxylic acid groups (broad SMARTS) is 1. The Balaban J connectivity index is 3.97. The van der Waals surface area contributed by atoms with E-state index in [1.807, 2.05) is 13.8 Å². The van der Waals surface area contributed by atoms with Crippen LogP contribution >= 0.6 is 0 Å². The van der Waals surface area contributed by atoms with Gasteiger partial charge in [0.05, 0.1) is 0 Å². The van der Waals surface area contributed by atoms with Crippen LogP contribution in [0.3, 0.4) is 0 Å². The number of aliphatic carboxylic acids is 1. The predicted octanol–water partition coefficient (Wildman–Crippen LogP) is 0.609. The second kappa shape index (κ2) is 4.74. The normalized spacial score (nSPS) is 12.9. The number of hydrogen-bond acceptors (Lipinski definition) is 2. The van der Waals surface area contributed by atoms with Crippen LogP contribution in [0.5, 0.6) is 0 Å². The molecule has 0 fully saturated rings. The molecule has 0 bridgehead atoms. The Morgan fingerprint density at radius 2 is 1.83 bits per heavy atom. The molecule has 0 aromatic rings. The summed E-state index contributed by atoms with van der Waals surface area (Å²) in [4.78, 5) is 21.0. The fourth-order valence-corrected chi connectivity index (χ4v) is 0.887. The van der Waals surface area contributed by atoms with Crippen LogP contribution in [-0.4, -0.2) is 17.0 Å². The number of rotatable bonds is 5. The zero-order chi connectivity index (χ0) is 9.72. The molecule has 0 saturated carbocycles. The van der Waals surface area contributed by atoms with Gasteiger partial charge in [-0.2, -0.15) is 0 Å². The van der Waals surface area contributed by atoms with Crippen molar-refractivity contribution in [1.29, 1.82) is 0 Å². The van der Waals surface area contributed by atoms with E-state index in [1.54, 1.807) is 0 Å². The maximum Gasteiger partial charge on any atom is 0.316 e. The van der Waals surface area contributed by atoms with E-state index in [2.05, 4.69) is 0 Å². The lowest BCUT2D eigenvalue weighted by Crippen LogP contribution is -2.30. The standard InChI is InChI=1S/C8H15NO3/c1-5(2)3-4-6(7(9)10)8(11)12/h5-6H,3-4H2,1-2H3,(H2,9,10)(H,11,12)/t6-/m0/s1. The molecule has 0 aromatic heterocycles. The lowest BCUT2D eigenvalue weighted by molar-refractivity contribution is -0.146. The molecule has 0 spiro atoms. The van der Waals surface area contributed by atoms with Gasteiger partial charge in [-0.1, -0.05) is 13.8 Å². The van der Waals surface area contributed by atoms with Crippen molar-refractivity contribution in [3.8, 4) is 0 Å². The molecule has 4 nitrogen and oxygen atoms in total. The van der Waals surface area contributed by atoms with Gasteiger partial charge in [-0.15, -0.1) is 0 Å². The molecule has 70 valence electrons. The number of carboxylic acids is 1. The summed E-state index contributed by atoms with van der Waals surface area (Å²) in [7, 11) is 0. The van der Waals surface area contributed by atoms with Crippen LogP contribution in [0.2, 0.25) is 0 Å². The van der Waals surface area contributed by atoms with E-state index >= 15 is 0 Å². The zero-order valence-electron chi connectivity index (χ0n) is 7.41. The Morgan fingerprint density at radius 1 is 1.33 bits per heavy atom. The van der Waals surface area contributed by atoms with Crippen molar-refractivity contribution in [1.82, 2.24) is 0 Å². The third-order valence-corrected chi connectivity index (χ3v) is 1.67. The van der Waals surface area contributed by atoms with Crippen molar-refractivity contribution in [2.24, 2.45) is 17.6 Å². The third kappa shape index (κ3) is 3.95. The maximum absolute atomic E-state index is 10.6. The van der Waals surface area contributed by atoms with Gasteiger partial charge in [-0.25, -0.2) is 0 Å². The number of carbonyl (C=O) groups is 2. The fraction of sp³-hybridized carbons (Fsp3) is 0.750. The maximum atomic E-state index is 10.6. The minimum Gasteiger partial charge on any atom is -0.481 e. The molecule has 0 saturated heterocycles. The third-order valence-electron chi connectivity index (χ3n) is 1.67. The van der Waals surface area contributed by atoms with E-state index in [9.17, 15) is 9.59 Å². The van der Waals surface area contributed by atoms with Crippen molar-refractivity contribution < 1.29 is 14.7 Å². The summed E-state index contributed by atoms with van der Waals surface area (Å²) < 4.78 is 0. The first-order valence-corrected chi connectivity index (χ1v) is 3.97. The van der Waals surface area contributed by atoms with Gasteiger partial charge in [0.1, 0.15) is 5.92 Å². The summed E-state index contributed by atoms with van der Waals surface area (Å²) in [6, 6.07) is 0. The van der Waals surface area contributed by atoms with Crippen LogP contribution in [0.15, 0.2) is 0 Å². The van der Waals surface area contributed by atoms with Crippen molar-refractivity contribution in [2.75, 3.05) is 0 Å². The van der Waals surface area contributed by atoms with Gasteiger partial charge < -0.3 is 10.8 Å². The predicted molar refractivity (Wildman–Crippen MR) is 44.4 cm³/mol. The average molecular weight is 173 g/mol. The molecule has 12 heavy (non-hydrogen) atoms. The summed E-state index contributed by atoms with van der Waals surface area (Å²) in [5.41, 5.74) is 4.90. The quantitative estimate of drug-likeness (QED) is 0.597. The Labute approximate surface area is 71.8 Å². The molecule has 0 radical (unpaired) electrons. The summed E-state index contributed by atoms with van der Waals surface area (Å²) in [6.45, 7) is 3.94. The second-order valence-electron chi connectivity index (χ2n) is 3.26. The molecule has 1 atom stereocenters. The topological polar surface area (TPSA) is 80.4 Å². The van der Waals surface area contributed by atoms with Gasteiger partial charge in [0.25, 0.3) is 0 Å². The SMILES string of the molecule is CC(C)CC[C@@H](C(N)=O)C(=O)O. The highest BCUT2D eigenvalue weighted by molar-refractivity contribution is 5.95. The fourth-order valence-electron chi connectivity index (χ4n) is 0.887. The van der Waals surface area contributed by atoms with Crippen LogP contribution in [0.4, 0.5) is 0 Å². The average Bonchev–Trinajstić information content (AvgIpc) is 1.84. The lowest BCUT2D eigenvalue weighted by atomic mass is 9.97. The molecular formula is C8H15NO3. The molecular weight excluding hydrogens is 158 g/mol. The minimum absolute atomic E-state index is 0.336. The van der Waals surface area contributed by atoms with E-state index in [0.717, 1.165) is 0 Å². The lowest BCUT2D eigenvalue weighted by Gasteiger charge is -2.09. The second-order valence-corrected chi connectivity index (χ2v) is 3.26. The Bertz CT molecular complexity index is 163. The number of nitrogens with two attached hydrogens (primary N) is 1. The Morgan fingerprint density at radius 3 is 2.08 bits per heavy atom. The molecule has 0 rings (SSSR count). The summed E-state index contributed by atoms with van der Waals surface area (Å²) in [6.07, 6.45) is 1.04. The van der Waals surface area contributed by atoms with E-state index in [1.165, 1.54) is 0 Å². The van der Waals surface area contributed by atoms with Crippen LogP contribution in [0, 0.1) is 11.8 Å². The number of primary amides is 1. The zero-order valence-corrected chi connectivity index (χ0v) is 7.41. The van der Waals surface area contributed by atoms with E-state index < -0.39 is 17.8 Å². The molecule has 0 aliphatic carbocycles. The van der Waals surface area contributed by atoms with Crippen molar-refractivity contribution >= 4 is 11.9 Å². The van der Waals surface area contributed by atoms with Gasteiger partial charge in [0.15, 0.2) is 0 Å². The molecule has 0 unspecified atom stereocenters. The van der Waals surface area contributed by atoms with E-state index in [-0.39, 0.29) is 0 Å². The number of amides is 1. The van der Waals surface area contributed by atoms with Crippen LogP contribution in [0.1, 0.15) is 26.7 Å². The molecule has 0 aromatic carbocycles. The Hall–Kier alpha value is -1.06. The highest BCUT2D eigenvalue weighted by atomic mass is 16.4. The van der Waals surface area contributed by atoms with Gasteiger partial charge in [0.2, 0.25) is 5.91 Å². The van der Waals surface area contributed by atoms with Crippen molar-refractivity contribution in [3.05, 3.63) is 0 Å². The summed E-state index contributed by atoms with van der Waals surface area (Å²) >= 11 is 0. The van der Waals surface area contributed by atoms with E-state index in [4.69, 9.17) is 10.8 Å². The van der Waals surface area contributed by atoms with Gasteiger partial charge in [0, 0.05) is 0 Å². The smallest absolute Gasteiger partial charge is 0.316 e. The molecule has 3 N–H and O–H groups in total. The molecule has 0 heterocycles. The molecule has 0 aliphatic heterocycles. The van der Waals surface area contributed by atoms with Crippen molar-refractivity contribution in [2.45, 2.75) is 26.7 Å². The molecule has 0 aliphatic rings. The van der Waals surface area contributed by atoms with Gasteiger partial charge >= 0.3 is 5.97 Å². The van der Waals surface area contributed by atoms with E-state index in [0.29, 0.717) is 18.8 Å². The highest BCUT2D eigenvalue weighted by Gasteiger charge is 2.23. The largest absolute Gasteiger partial charge is 0.481 e. The minimum atomic E-state index is -1.12. The first kappa shape index (κ1) is 10.9. The summed E-state index contributed by atoms with van der Waals surface area (Å²) in [5.74, 6) is -2.50. The van der Waals surface area contributed by atoms with Crippen LogP contribution in [0.25, 0.3) is 0 Å². The van der Waals surface area contributed by atoms with Crippen molar-refractivity contribution in [3.63, 3.8) is 0 Å². The van der Waals surface area contributed by atoms with Crippen LogP contribution < -0.4 is 5.73 Å². The Kier molecular flexibility index (Phi) is 4.33.